The largest absolute Gasteiger partial charge is 0.497 e. The number of hydrogen-bond donors (Lipinski definition) is 1. The molecule has 1 aliphatic heterocycles. The summed E-state index contributed by atoms with van der Waals surface area (Å²) in [7, 11) is 1.63. The van der Waals surface area contributed by atoms with E-state index in [1.807, 2.05) is 56.3 Å². The summed E-state index contributed by atoms with van der Waals surface area (Å²) in [6.07, 6.45) is 0. The Hall–Kier alpha value is -2.82. The van der Waals surface area contributed by atoms with Crippen molar-refractivity contribution >= 4 is 23.2 Å². The number of benzene rings is 2. The average Bonchev–Trinajstić information content (AvgIpc) is 2.91. The standard InChI is InChI=1S/C18H19N3O2/c1-12-4-5-13(2)16(10-12)21-17(22)11-19-18(21)20-14-6-8-15(23-3)9-7-14/h4-10H,11H2,1-3H3,(H,19,20). The maximum absolute atomic E-state index is 12.3. The van der Waals surface area contributed by atoms with E-state index in [-0.39, 0.29) is 12.5 Å². The third kappa shape index (κ3) is 3.04. The van der Waals surface area contributed by atoms with Gasteiger partial charge in [0.2, 0.25) is 5.96 Å². The molecular weight excluding hydrogens is 290 g/mol. The smallest absolute Gasteiger partial charge is 0.255 e. The van der Waals surface area contributed by atoms with Crippen molar-refractivity contribution in [1.82, 2.24) is 0 Å². The highest BCUT2D eigenvalue weighted by Gasteiger charge is 2.28. The fraction of sp³-hybridized carbons (Fsp3) is 0.222. The number of aliphatic imine (C=N–C) groups is 1. The first kappa shape index (κ1) is 15.1. The van der Waals surface area contributed by atoms with Crippen molar-refractivity contribution in [2.45, 2.75) is 13.8 Å². The summed E-state index contributed by atoms with van der Waals surface area (Å²) in [6.45, 7) is 4.16. The molecule has 23 heavy (non-hydrogen) atoms. The molecule has 0 saturated heterocycles. The van der Waals surface area contributed by atoms with Gasteiger partial charge >= 0.3 is 0 Å². The molecule has 1 amide bonds. The Morgan fingerprint density at radius 1 is 1.13 bits per heavy atom. The molecular formula is C18H19N3O2. The number of hydrogen-bond acceptors (Lipinski definition) is 4. The van der Waals surface area contributed by atoms with Crippen molar-refractivity contribution in [2.75, 3.05) is 23.9 Å². The predicted molar refractivity (Wildman–Crippen MR) is 92.3 cm³/mol. The highest BCUT2D eigenvalue weighted by molar-refractivity contribution is 6.25. The van der Waals surface area contributed by atoms with Gasteiger partial charge in [0.25, 0.3) is 5.91 Å². The fourth-order valence-corrected chi connectivity index (χ4v) is 2.51. The molecule has 0 aromatic heterocycles. The van der Waals surface area contributed by atoms with Crippen molar-refractivity contribution in [2.24, 2.45) is 4.99 Å². The van der Waals surface area contributed by atoms with E-state index in [1.54, 1.807) is 12.0 Å². The molecule has 1 aliphatic rings. The number of aryl methyl sites for hydroxylation is 2. The third-order valence-electron chi connectivity index (χ3n) is 3.78. The van der Waals surface area contributed by atoms with Gasteiger partial charge in [-0.1, -0.05) is 12.1 Å². The lowest BCUT2D eigenvalue weighted by Crippen LogP contribution is -2.37. The molecule has 1 N–H and O–H groups in total. The summed E-state index contributed by atoms with van der Waals surface area (Å²) < 4.78 is 5.15. The minimum absolute atomic E-state index is 0.0327. The molecule has 0 saturated carbocycles. The molecule has 0 unspecified atom stereocenters. The summed E-state index contributed by atoms with van der Waals surface area (Å²) >= 11 is 0. The van der Waals surface area contributed by atoms with Crippen LogP contribution in [0.1, 0.15) is 11.1 Å². The van der Waals surface area contributed by atoms with E-state index < -0.39 is 0 Å². The van der Waals surface area contributed by atoms with Crippen LogP contribution in [0.3, 0.4) is 0 Å². The van der Waals surface area contributed by atoms with Crippen LogP contribution in [-0.4, -0.2) is 25.5 Å². The highest BCUT2D eigenvalue weighted by Crippen LogP contribution is 2.25. The van der Waals surface area contributed by atoms with Crippen LogP contribution in [0.2, 0.25) is 0 Å². The van der Waals surface area contributed by atoms with E-state index in [0.29, 0.717) is 5.96 Å². The van der Waals surface area contributed by atoms with Gasteiger partial charge in [0.1, 0.15) is 12.3 Å². The molecule has 5 nitrogen and oxygen atoms in total. The lowest BCUT2D eigenvalue weighted by Gasteiger charge is -2.22. The number of carbonyl (C=O) groups excluding carboxylic acids is 1. The number of guanidine groups is 1. The Morgan fingerprint density at radius 2 is 1.87 bits per heavy atom. The van der Waals surface area contributed by atoms with Gasteiger partial charge in [0, 0.05) is 5.69 Å². The molecule has 2 aromatic carbocycles. The van der Waals surface area contributed by atoms with Gasteiger partial charge in [0.15, 0.2) is 0 Å². The van der Waals surface area contributed by atoms with E-state index in [1.165, 1.54) is 0 Å². The second-order valence-corrected chi connectivity index (χ2v) is 5.51. The van der Waals surface area contributed by atoms with Crippen molar-refractivity contribution in [3.63, 3.8) is 0 Å². The summed E-state index contributed by atoms with van der Waals surface area (Å²) in [4.78, 5) is 18.3. The van der Waals surface area contributed by atoms with Gasteiger partial charge in [0.05, 0.1) is 12.8 Å². The highest BCUT2D eigenvalue weighted by atomic mass is 16.5. The van der Waals surface area contributed by atoms with E-state index in [0.717, 1.165) is 28.3 Å². The Kier molecular flexibility index (Phi) is 4.02. The monoisotopic (exact) mass is 309 g/mol. The van der Waals surface area contributed by atoms with Gasteiger partial charge in [-0.05, 0) is 55.3 Å². The van der Waals surface area contributed by atoms with Crippen LogP contribution >= 0.6 is 0 Å². The van der Waals surface area contributed by atoms with E-state index in [4.69, 9.17) is 4.74 Å². The molecule has 2 aromatic rings. The van der Waals surface area contributed by atoms with Gasteiger partial charge < -0.3 is 10.1 Å². The number of rotatable bonds is 3. The zero-order valence-corrected chi connectivity index (χ0v) is 13.5. The number of amides is 1. The summed E-state index contributed by atoms with van der Waals surface area (Å²) in [6, 6.07) is 13.6. The zero-order chi connectivity index (χ0) is 16.4. The van der Waals surface area contributed by atoms with Gasteiger partial charge in [-0.15, -0.1) is 0 Å². The number of ether oxygens (including phenoxy) is 1. The molecule has 0 aliphatic carbocycles. The minimum atomic E-state index is -0.0327. The van der Waals surface area contributed by atoms with E-state index in [9.17, 15) is 4.79 Å². The SMILES string of the molecule is COc1ccc(NC2=NCC(=O)N2c2cc(C)ccc2C)cc1. The van der Waals surface area contributed by atoms with Crippen LogP contribution in [-0.2, 0) is 4.79 Å². The van der Waals surface area contributed by atoms with Crippen LogP contribution in [0.25, 0.3) is 0 Å². The quantitative estimate of drug-likeness (QED) is 0.947. The molecule has 0 radical (unpaired) electrons. The van der Waals surface area contributed by atoms with Crippen molar-refractivity contribution in [3.8, 4) is 5.75 Å². The lowest BCUT2D eigenvalue weighted by atomic mass is 10.1. The lowest BCUT2D eigenvalue weighted by molar-refractivity contribution is -0.115. The molecule has 5 heteroatoms. The number of nitrogens with zero attached hydrogens (tertiary/aromatic N) is 2. The number of carbonyl (C=O) groups is 1. The van der Waals surface area contributed by atoms with Crippen molar-refractivity contribution in [1.29, 1.82) is 0 Å². The molecule has 118 valence electrons. The van der Waals surface area contributed by atoms with Gasteiger partial charge in [-0.2, -0.15) is 0 Å². The van der Waals surface area contributed by atoms with Crippen LogP contribution < -0.4 is 15.0 Å². The summed E-state index contributed by atoms with van der Waals surface area (Å²) in [5, 5.41) is 3.22. The molecule has 0 fully saturated rings. The maximum atomic E-state index is 12.3. The maximum Gasteiger partial charge on any atom is 0.255 e. The normalized spacial score (nSPS) is 14.0. The first-order valence-corrected chi connectivity index (χ1v) is 7.44. The third-order valence-corrected chi connectivity index (χ3v) is 3.78. The van der Waals surface area contributed by atoms with Crippen molar-refractivity contribution in [3.05, 3.63) is 53.6 Å². The Balaban J connectivity index is 1.88. The Bertz CT molecular complexity index is 766. The Morgan fingerprint density at radius 3 is 2.57 bits per heavy atom. The average molecular weight is 309 g/mol. The van der Waals surface area contributed by atoms with Crippen LogP contribution in [0.5, 0.6) is 5.75 Å². The van der Waals surface area contributed by atoms with E-state index >= 15 is 0 Å². The molecule has 3 rings (SSSR count). The minimum Gasteiger partial charge on any atom is -0.497 e. The van der Waals surface area contributed by atoms with Crippen LogP contribution in [0.15, 0.2) is 47.5 Å². The summed E-state index contributed by atoms with van der Waals surface area (Å²) in [5.41, 5.74) is 3.87. The topological polar surface area (TPSA) is 53.9 Å². The molecule has 0 bridgehead atoms. The van der Waals surface area contributed by atoms with Crippen LogP contribution in [0, 0.1) is 13.8 Å². The van der Waals surface area contributed by atoms with Gasteiger partial charge in [-0.3, -0.25) is 4.79 Å². The second-order valence-electron chi connectivity index (χ2n) is 5.51. The molecule has 0 atom stereocenters. The van der Waals surface area contributed by atoms with E-state index in [2.05, 4.69) is 10.3 Å². The van der Waals surface area contributed by atoms with Crippen LogP contribution in [0.4, 0.5) is 11.4 Å². The second kappa shape index (κ2) is 6.12. The Labute approximate surface area is 135 Å². The van der Waals surface area contributed by atoms with Crippen molar-refractivity contribution < 1.29 is 9.53 Å². The molecule has 0 spiro atoms. The number of nitrogens with one attached hydrogen (secondary N) is 1. The predicted octanol–water partition coefficient (Wildman–Crippen LogP) is 3.13. The zero-order valence-electron chi connectivity index (χ0n) is 13.5. The number of anilines is 2. The number of methoxy groups -OCH3 is 1. The fourth-order valence-electron chi connectivity index (χ4n) is 2.51. The first-order valence-electron chi connectivity index (χ1n) is 7.44. The summed E-state index contributed by atoms with van der Waals surface area (Å²) in [5.74, 6) is 1.30. The first-order chi connectivity index (χ1) is 11.1. The van der Waals surface area contributed by atoms with Gasteiger partial charge in [-0.25, -0.2) is 9.89 Å². The molecule has 1 heterocycles.